The molecule has 7 heteroatoms. The zero-order valence-corrected chi connectivity index (χ0v) is 18.0. The number of guanidine groups is 1. The molecular formula is C19H30IN5O. The van der Waals surface area contributed by atoms with Gasteiger partial charge in [0.1, 0.15) is 5.82 Å². The lowest BCUT2D eigenvalue weighted by molar-refractivity contribution is 0.0264. The van der Waals surface area contributed by atoms with Gasteiger partial charge in [0.2, 0.25) is 0 Å². The molecule has 2 heterocycles. The largest absolute Gasteiger partial charge is 0.378 e. The Bertz CT molecular complexity index is 661. The number of imidazole rings is 1. The summed E-state index contributed by atoms with van der Waals surface area (Å²) in [5.41, 5.74) is 2.15. The molecule has 6 nitrogen and oxygen atoms in total. The predicted octanol–water partition coefficient (Wildman–Crippen LogP) is 3.19. The number of rotatable bonds is 6. The van der Waals surface area contributed by atoms with E-state index in [1.54, 1.807) is 0 Å². The summed E-state index contributed by atoms with van der Waals surface area (Å²) in [5, 5.41) is 3.48. The normalized spacial score (nSPS) is 15.9. The lowest BCUT2D eigenvalue weighted by Crippen LogP contribution is -2.47. The average Bonchev–Trinajstić information content (AvgIpc) is 3.06. The predicted molar refractivity (Wildman–Crippen MR) is 117 cm³/mol. The SMILES string of the molecule is CCOC1CCN(C(=NC)NCCCc2nc3ccccc3[nH]2)CC1.I. The lowest BCUT2D eigenvalue weighted by Gasteiger charge is -2.34. The third kappa shape index (κ3) is 5.57. The molecule has 2 aromatic rings. The second kappa shape index (κ2) is 10.7. The van der Waals surface area contributed by atoms with E-state index in [0.29, 0.717) is 6.10 Å². The molecule has 26 heavy (non-hydrogen) atoms. The van der Waals surface area contributed by atoms with Gasteiger partial charge < -0.3 is 19.9 Å². The molecule has 0 bridgehead atoms. The van der Waals surface area contributed by atoms with Crippen LogP contribution in [0.4, 0.5) is 0 Å². The Hall–Kier alpha value is -1.35. The number of piperidine rings is 1. The van der Waals surface area contributed by atoms with Crippen LogP contribution in [-0.2, 0) is 11.2 Å². The fourth-order valence-electron chi connectivity index (χ4n) is 3.38. The highest BCUT2D eigenvalue weighted by molar-refractivity contribution is 14.0. The van der Waals surface area contributed by atoms with Crippen LogP contribution in [-0.4, -0.2) is 60.2 Å². The van der Waals surface area contributed by atoms with Crippen molar-refractivity contribution in [1.82, 2.24) is 20.2 Å². The summed E-state index contributed by atoms with van der Waals surface area (Å²) < 4.78 is 5.72. The first kappa shape index (κ1) is 21.0. The van der Waals surface area contributed by atoms with Gasteiger partial charge in [0.05, 0.1) is 17.1 Å². The summed E-state index contributed by atoms with van der Waals surface area (Å²) in [7, 11) is 1.86. The Balaban J connectivity index is 0.00000243. The van der Waals surface area contributed by atoms with Gasteiger partial charge in [-0.1, -0.05) is 12.1 Å². The van der Waals surface area contributed by atoms with E-state index in [0.717, 1.165) is 74.7 Å². The molecule has 0 unspecified atom stereocenters. The minimum Gasteiger partial charge on any atom is -0.378 e. The van der Waals surface area contributed by atoms with Crippen molar-refractivity contribution in [3.63, 3.8) is 0 Å². The Morgan fingerprint density at radius 3 is 2.81 bits per heavy atom. The zero-order valence-electron chi connectivity index (χ0n) is 15.7. The van der Waals surface area contributed by atoms with Gasteiger partial charge in [-0.25, -0.2) is 4.98 Å². The molecular weight excluding hydrogens is 441 g/mol. The number of para-hydroxylation sites is 2. The molecule has 0 spiro atoms. The summed E-state index contributed by atoms with van der Waals surface area (Å²) in [6.45, 7) is 5.78. The van der Waals surface area contributed by atoms with Crippen molar-refractivity contribution in [3.05, 3.63) is 30.1 Å². The fourth-order valence-corrected chi connectivity index (χ4v) is 3.38. The van der Waals surface area contributed by atoms with Gasteiger partial charge in [-0.2, -0.15) is 0 Å². The van der Waals surface area contributed by atoms with Crippen LogP contribution in [0.15, 0.2) is 29.3 Å². The highest BCUT2D eigenvalue weighted by Crippen LogP contribution is 2.14. The number of hydrogen-bond donors (Lipinski definition) is 2. The first-order chi connectivity index (χ1) is 12.3. The Labute approximate surface area is 172 Å². The molecule has 0 radical (unpaired) electrons. The number of nitrogens with one attached hydrogen (secondary N) is 2. The number of fused-ring (bicyclic) bond motifs is 1. The number of aromatic amines is 1. The molecule has 1 aliphatic heterocycles. The molecule has 1 fully saturated rings. The van der Waals surface area contributed by atoms with Crippen molar-refractivity contribution in [3.8, 4) is 0 Å². The van der Waals surface area contributed by atoms with E-state index < -0.39 is 0 Å². The maximum atomic E-state index is 5.72. The average molecular weight is 471 g/mol. The van der Waals surface area contributed by atoms with Gasteiger partial charge in [0.25, 0.3) is 0 Å². The zero-order chi connectivity index (χ0) is 17.5. The van der Waals surface area contributed by atoms with Crippen LogP contribution in [0.2, 0.25) is 0 Å². The van der Waals surface area contributed by atoms with Gasteiger partial charge in [-0.05, 0) is 38.3 Å². The van der Waals surface area contributed by atoms with Crippen LogP contribution in [0.1, 0.15) is 32.0 Å². The van der Waals surface area contributed by atoms with Gasteiger partial charge in [0, 0.05) is 39.7 Å². The molecule has 0 atom stereocenters. The summed E-state index contributed by atoms with van der Waals surface area (Å²) in [5.74, 6) is 2.05. The third-order valence-corrected chi connectivity index (χ3v) is 4.67. The molecule has 1 aliphatic rings. The Kier molecular flexibility index (Phi) is 8.64. The number of aryl methyl sites for hydroxylation is 1. The van der Waals surface area contributed by atoms with Crippen molar-refractivity contribution < 1.29 is 4.74 Å². The molecule has 2 N–H and O–H groups in total. The summed E-state index contributed by atoms with van der Waals surface area (Å²) in [4.78, 5) is 14.8. The monoisotopic (exact) mass is 471 g/mol. The number of H-pyrrole nitrogens is 1. The number of halogens is 1. The minimum atomic E-state index is 0. The molecule has 0 amide bonds. The van der Waals surface area contributed by atoms with Crippen LogP contribution in [0.3, 0.4) is 0 Å². The van der Waals surface area contributed by atoms with E-state index >= 15 is 0 Å². The number of aromatic nitrogens is 2. The van der Waals surface area contributed by atoms with Crippen molar-refractivity contribution in [1.29, 1.82) is 0 Å². The van der Waals surface area contributed by atoms with E-state index in [9.17, 15) is 0 Å². The van der Waals surface area contributed by atoms with E-state index in [4.69, 9.17) is 4.74 Å². The molecule has 3 rings (SSSR count). The topological polar surface area (TPSA) is 65.5 Å². The number of hydrogen-bond acceptors (Lipinski definition) is 3. The number of likely N-dealkylation sites (tertiary alicyclic amines) is 1. The summed E-state index contributed by atoms with van der Waals surface area (Å²) in [6, 6.07) is 8.16. The molecule has 0 saturated carbocycles. The number of nitrogens with zero attached hydrogens (tertiary/aromatic N) is 3. The van der Waals surface area contributed by atoms with Crippen LogP contribution in [0.5, 0.6) is 0 Å². The van der Waals surface area contributed by atoms with Crippen molar-refractivity contribution in [2.24, 2.45) is 4.99 Å². The Morgan fingerprint density at radius 1 is 1.35 bits per heavy atom. The molecule has 1 aromatic carbocycles. The highest BCUT2D eigenvalue weighted by Gasteiger charge is 2.21. The second-order valence-corrected chi connectivity index (χ2v) is 6.42. The van der Waals surface area contributed by atoms with Gasteiger partial charge >= 0.3 is 0 Å². The molecule has 0 aliphatic carbocycles. The number of aliphatic imine (C=N–C) groups is 1. The minimum absolute atomic E-state index is 0. The van der Waals surface area contributed by atoms with E-state index in [1.807, 2.05) is 25.2 Å². The van der Waals surface area contributed by atoms with Crippen LogP contribution < -0.4 is 5.32 Å². The second-order valence-electron chi connectivity index (χ2n) is 6.42. The maximum Gasteiger partial charge on any atom is 0.193 e. The lowest BCUT2D eigenvalue weighted by atomic mass is 10.1. The van der Waals surface area contributed by atoms with E-state index in [-0.39, 0.29) is 24.0 Å². The fraction of sp³-hybridized carbons (Fsp3) is 0.579. The third-order valence-electron chi connectivity index (χ3n) is 4.67. The number of ether oxygens (including phenoxy) is 1. The van der Waals surface area contributed by atoms with Crippen LogP contribution >= 0.6 is 24.0 Å². The summed E-state index contributed by atoms with van der Waals surface area (Å²) >= 11 is 0. The standard InChI is InChI=1S/C19H29N5O.HI/c1-3-25-15-10-13-24(14-11-15)19(20-2)21-12-6-9-18-22-16-7-4-5-8-17(16)23-18;/h4-5,7-8,15H,3,6,9-14H2,1-2H3,(H,20,21)(H,22,23);1H. The molecule has 1 saturated heterocycles. The quantitative estimate of drug-likeness (QED) is 0.294. The van der Waals surface area contributed by atoms with Gasteiger partial charge in [0.15, 0.2) is 5.96 Å². The maximum absolute atomic E-state index is 5.72. The van der Waals surface area contributed by atoms with Crippen LogP contribution in [0.25, 0.3) is 11.0 Å². The smallest absolute Gasteiger partial charge is 0.193 e. The summed E-state index contributed by atoms with van der Waals surface area (Å²) in [6.07, 6.45) is 4.52. The Morgan fingerprint density at radius 2 is 2.12 bits per heavy atom. The first-order valence-corrected chi connectivity index (χ1v) is 9.31. The van der Waals surface area contributed by atoms with Gasteiger partial charge in [-0.15, -0.1) is 24.0 Å². The van der Waals surface area contributed by atoms with Crippen molar-refractivity contribution in [2.45, 2.75) is 38.7 Å². The first-order valence-electron chi connectivity index (χ1n) is 9.31. The number of benzene rings is 1. The van der Waals surface area contributed by atoms with Crippen molar-refractivity contribution in [2.75, 3.05) is 33.3 Å². The van der Waals surface area contributed by atoms with E-state index in [2.05, 4.69) is 38.2 Å². The molecule has 144 valence electrons. The van der Waals surface area contributed by atoms with Crippen LogP contribution in [0, 0.1) is 0 Å². The highest BCUT2D eigenvalue weighted by atomic mass is 127. The molecule has 1 aromatic heterocycles. The van der Waals surface area contributed by atoms with E-state index in [1.165, 1.54) is 0 Å². The van der Waals surface area contributed by atoms with Crippen molar-refractivity contribution >= 4 is 41.0 Å². The van der Waals surface area contributed by atoms with Gasteiger partial charge in [-0.3, -0.25) is 4.99 Å².